The Kier molecular flexibility index (Phi) is 4.99. The molecule has 0 radical (unpaired) electrons. The van der Waals surface area contributed by atoms with Crippen molar-refractivity contribution in [3.05, 3.63) is 0 Å². The van der Waals surface area contributed by atoms with Crippen LogP contribution in [0.3, 0.4) is 0 Å². The molecule has 1 fully saturated rings. The van der Waals surface area contributed by atoms with Crippen molar-refractivity contribution in [1.29, 1.82) is 5.26 Å². The molecule has 1 aliphatic heterocycles. The van der Waals surface area contributed by atoms with Crippen molar-refractivity contribution >= 4 is 22.9 Å². The molecule has 0 aliphatic carbocycles. The average Bonchev–Trinajstić information content (AvgIpc) is 2.15. The molecular weight excluding hydrogens is 277 g/mol. The Balaban J connectivity index is 2.24. The lowest BCUT2D eigenvalue weighted by atomic mass is 10.1. The van der Waals surface area contributed by atoms with E-state index in [1.54, 1.807) is 0 Å². The van der Waals surface area contributed by atoms with Crippen LogP contribution >= 0.6 is 22.9 Å². The van der Waals surface area contributed by atoms with Crippen LogP contribution < -0.4 is 0 Å². The number of nitriles is 1. The van der Waals surface area contributed by atoms with Gasteiger partial charge in [0.05, 0.1) is 6.07 Å². The van der Waals surface area contributed by atoms with Crippen LogP contribution in [0.4, 0.5) is 0 Å². The largest absolute Gasteiger partial charge is 0.302 e. The topological polar surface area (TPSA) is 30.3 Å². The number of piperidine rings is 1. The second kappa shape index (κ2) is 5.78. The Morgan fingerprint density at radius 1 is 1.54 bits per heavy atom. The standard InChI is InChI=1S/C9H16IN3/c1-12(6-2-5-11)9-3-7-13(10)8-4-9/h9H,2-4,6-8H2,1H3. The van der Waals surface area contributed by atoms with E-state index in [1.807, 2.05) is 0 Å². The molecule has 4 heteroatoms. The van der Waals surface area contributed by atoms with E-state index in [4.69, 9.17) is 5.26 Å². The van der Waals surface area contributed by atoms with Gasteiger partial charge in [0.15, 0.2) is 0 Å². The highest BCUT2D eigenvalue weighted by atomic mass is 127. The van der Waals surface area contributed by atoms with E-state index in [2.05, 4.69) is 44.0 Å². The van der Waals surface area contributed by atoms with Crippen LogP contribution in [0.15, 0.2) is 0 Å². The number of rotatable bonds is 3. The summed E-state index contributed by atoms with van der Waals surface area (Å²) in [5.41, 5.74) is 0. The van der Waals surface area contributed by atoms with Gasteiger partial charge in [-0.15, -0.1) is 0 Å². The second-order valence-corrected chi connectivity index (χ2v) is 4.89. The third kappa shape index (κ3) is 3.79. The fourth-order valence-electron chi connectivity index (χ4n) is 1.68. The van der Waals surface area contributed by atoms with Crippen LogP contribution in [0, 0.1) is 11.3 Å². The molecule has 0 aromatic heterocycles. The summed E-state index contributed by atoms with van der Waals surface area (Å²) in [6, 6.07) is 2.89. The molecule has 0 amide bonds. The first kappa shape index (κ1) is 11.2. The zero-order valence-electron chi connectivity index (χ0n) is 8.04. The Morgan fingerprint density at radius 2 is 2.15 bits per heavy atom. The molecule has 0 atom stereocenters. The maximum atomic E-state index is 8.47. The first-order valence-electron chi connectivity index (χ1n) is 4.72. The van der Waals surface area contributed by atoms with Crippen LogP contribution in [-0.2, 0) is 0 Å². The van der Waals surface area contributed by atoms with E-state index < -0.39 is 0 Å². The first-order valence-corrected chi connectivity index (χ1v) is 5.68. The monoisotopic (exact) mass is 293 g/mol. The minimum Gasteiger partial charge on any atom is -0.302 e. The number of hydrogen-bond acceptors (Lipinski definition) is 3. The van der Waals surface area contributed by atoms with Crippen LogP contribution in [-0.4, -0.2) is 40.7 Å². The zero-order chi connectivity index (χ0) is 9.68. The summed E-state index contributed by atoms with van der Waals surface area (Å²) in [5, 5.41) is 8.47. The average molecular weight is 293 g/mol. The van der Waals surface area contributed by atoms with Gasteiger partial charge in [-0.1, -0.05) is 0 Å². The highest BCUT2D eigenvalue weighted by Gasteiger charge is 2.20. The van der Waals surface area contributed by atoms with Gasteiger partial charge >= 0.3 is 0 Å². The molecular formula is C9H16IN3. The molecule has 0 N–H and O–H groups in total. The third-order valence-electron chi connectivity index (χ3n) is 2.61. The van der Waals surface area contributed by atoms with Crippen molar-refractivity contribution < 1.29 is 0 Å². The molecule has 0 spiro atoms. The third-order valence-corrected chi connectivity index (χ3v) is 3.57. The summed E-state index contributed by atoms with van der Waals surface area (Å²) >= 11 is 2.38. The molecule has 0 unspecified atom stereocenters. The first-order chi connectivity index (χ1) is 6.24. The fourth-order valence-corrected chi connectivity index (χ4v) is 2.24. The Morgan fingerprint density at radius 3 is 2.69 bits per heavy atom. The quantitative estimate of drug-likeness (QED) is 0.585. The molecule has 0 bridgehead atoms. The predicted molar refractivity (Wildman–Crippen MR) is 61.5 cm³/mol. The van der Waals surface area contributed by atoms with E-state index in [-0.39, 0.29) is 0 Å². The summed E-state index contributed by atoms with van der Waals surface area (Å²) in [4.78, 5) is 2.33. The van der Waals surface area contributed by atoms with Crippen molar-refractivity contribution in [2.24, 2.45) is 0 Å². The van der Waals surface area contributed by atoms with Gasteiger partial charge in [-0.05, 0) is 19.9 Å². The van der Waals surface area contributed by atoms with E-state index in [0.29, 0.717) is 12.5 Å². The van der Waals surface area contributed by atoms with Crippen molar-refractivity contribution in [2.45, 2.75) is 25.3 Å². The van der Waals surface area contributed by atoms with Gasteiger partial charge < -0.3 is 4.90 Å². The minimum absolute atomic E-state index is 0.654. The number of hydrogen-bond donors (Lipinski definition) is 0. The van der Waals surface area contributed by atoms with E-state index in [1.165, 1.54) is 25.9 Å². The Hall–Kier alpha value is 0.140. The Labute approximate surface area is 94.2 Å². The molecule has 1 aliphatic rings. The maximum Gasteiger partial charge on any atom is 0.0635 e. The van der Waals surface area contributed by atoms with Gasteiger partial charge in [-0.3, -0.25) is 0 Å². The number of nitrogens with zero attached hydrogens (tertiary/aromatic N) is 3. The highest BCUT2D eigenvalue weighted by molar-refractivity contribution is 14.1. The molecule has 1 heterocycles. The van der Waals surface area contributed by atoms with Gasteiger partial charge in [-0.25, -0.2) is 3.11 Å². The van der Waals surface area contributed by atoms with Crippen molar-refractivity contribution in [2.75, 3.05) is 26.7 Å². The highest BCUT2D eigenvalue weighted by Crippen LogP contribution is 2.17. The summed E-state index contributed by atoms with van der Waals surface area (Å²) in [6.07, 6.45) is 3.14. The molecule has 0 aromatic carbocycles. The lowest BCUT2D eigenvalue weighted by Gasteiger charge is -2.33. The van der Waals surface area contributed by atoms with Crippen LogP contribution in [0.5, 0.6) is 0 Å². The Bertz CT molecular complexity index is 182. The van der Waals surface area contributed by atoms with Gasteiger partial charge in [0.2, 0.25) is 0 Å². The lowest BCUT2D eigenvalue weighted by molar-refractivity contribution is 0.182. The molecule has 0 aromatic rings. The molecule has 13 heavy (non-hydrogen) atoms. The molecule has 0 saturated carbocycles. The molecule has 74 valence electrons. The minimum atomic E-state index is 0.654. The van der Waals surface area contributed by atoms with Gasteiger partial charge in [0.1, 0.15) is 0 Å². The summed E-state index contributed by atoms with van der Waals surface area (Å²) in [7, 11) is 2.13. The zero-order valence-corrected chi connectivity index (χ0v) is 10.2. The SMILES string of the molecule is CN(CCC#N)C1CCN(I)CC1. The molecule has 1 rings (SSSR count). The van der Waals surface area contributed by atoms with Crippen LogP contribution in [0.25, 0.3) is 0 Å². The summed E-state index contributed by atoms with van der Waals surface area (Å²) < 4.78 is 2.34. The molecule has 1 saturated heterocycles. The fraction of sp³-hybridized carbons (Fsp3) is 0.889. The van der Waals surface area contributed by atoms with Crippen molar-refractivity contribution in [1.82, 2.24) is 8.01 Å². The van der Waals surface area contributed by atoms with E-state index in [0.717, 1.165) is 6.54 Å². The summed E-state index contributed by atoms with van der Waals surface area (Å²) in [6.45, 7) is 3.28. The van der Waals surface area contributed by atoms with Crippen molar-refractivity contribution in [3.63, 3.8) is 0 Å². The normalized spacial score (nSPS) is 20.5. The van der Waals surface area contributed by atoms with E-state index >= 15 is 0 Å². The lowest BCUT2D eigenvalue weighted by Crippen LogP contribution is -2.40. The van der Waals surface area contributed by atoms with Gasteiger partial charge in [0.25, 0.3) is 0 Å². The van der Waals surface area contributed by atoms with Crippen LogP contribution in [0.1, 0.15) is 19.3 Å². The summed E-state index contributed by atoms with van der Waals surface area (Å²) in [5.74, 6) is 0. The molecule has 3 nitrogen and oxygen atoms in total. The maximum absolute atomic E-state index is 8.47. The predicted octanol–water partition coefficient (Wildman–Crippen LogP) is 1.65. The number of halogens is 1. The van der Waals surface area contributed by atoms with Gasteiger partial charge in [-0.2, -0.15) is 5.26 Å². The second-order valence-electron chi connectivity index (χ2n) is 3.53. The smallest absolute Gasteiger partial charge is 0.0635 e. The van der Waals surface area contributed by atoms with Crippen LogP contribution in [0.2, 0.25) is 0 Å². The van der Waals surface area contributed by atoms with E-state index in [9.17, 15) is 0 Å². The van der Waals surface area contributed by atoms with Crippen molar-refractivity contribution in [3.8, 4) is 6.07 Å². The van der Waals surface area contributed by atoms with Gasteiger partial charge in [0, 0.05) is 55.0 Å².